The van der Waals surface area contributed by atoms with Gasteiger partial charge in [0, 0.05) is 42.9 Å². The number of benzene rings is 2. The van der Waals surface area contributed by atoms with Crippen molar-refractivity contribution in [2.45, 2.75) is 39.3 Å². The highest BCUT2D eigenvalue weighted by Gasteiger charge is 2.46. The Morgan fingerprint density at radius 3 is 2.65 bits per heavy atom. The van der Waals surface area contributed by atoms with Crippen LogP contribution < -0.4 is 9.47 Å². The third-order valence-electron chi connectivity index (χ3n) is 6.49. The maximum Gasteiger partial charge on any atom is 0.231 e. The van der Waals surface area contributed by atoms with Gasteiger partial charge < -0.3 is 14.4 Å². The summed E-state index contributed by atoms with van der Waals surface area (Å²) in [7, 11) is 1.94. The lowest BCUT2D eigenvalue weighted by Gasteiger charge is -2.24. The van der Waals surface area contributed by atoms with Crippen LogP contribution in [-0.2, 0) is 24.9 Å². The number of rotatable bonds is 6. The summed E-state index contributed by atoms with van der Waals surface area (Å²) in [5.41, 5.74) is 5.37. The maximum absolute atomic E-state index is 13.7. The molecule has 3 aromatic rings. The Bertz CT molecular complexity index is 1120. The van der Waals surface area contributed by atoms with Gasteiger partial charge in [0.2, 0.25) is 12.7 Å². The second-order valence-corrected chi connectivity index (χ2v) is 8.48. The summed E-state index contributed by atoms with van der Waals surface area (Å²) >= 11 is 0. The Balaban J connectivity index is 1.43. The summed E-state index contributed by atoms with van der Waals surface area (Å²) in [6, 6.07) is 16.2. The minimum absolute atomic E-state index is 0.0219. The summed E-state index contributed by atoms with van der Waals surface area (Å²) in [6.45, 7) is 5.30. The number of fused-ring (bicyclic) bond motifs is 1. The molecule has 5 rings (SSSR count). The molecule has 1 aliphatic heterocycles. The largest absolute Gasteiger partial charge is 0.454 e. The van der Waals surface area contributed by atoms with Crippen LogP contribution in [0, 0.1) is 19.8 Å². The van der Waals surface area contributed by atoms with Crippen molar-refractivity contribution in [3.8, 4) is 11.5 Å². The van der Waals surface area contributed by atoms with Gasteiger partial charge in [0.15, 0.2) is 11.5 Å². The molecule has 0 radical (unpaired) electrons. The molecule has 160 valence electrons. The second kappa shape index (κ2) is 7.76. The molecule has 1 aromatic heterocycles. The van der Waals surface area contributed by atoms with Crippen molar-refractivity contribution in [3.63, 3.8) is 0 Å². The van der Waals surface area contributed by atoms with Gasteiger partial charge in [-0.1, -0.05) is 42.5 Å². The van der Waals surface area contributed by atoms with Gasteiger partial charge in [-0.3, -0.25) is 9.48 Å². The van der Waals surface area contributed by atoms with Crippen molar-refractivity contribution in [2.75, 3.05) is 6.79 Å². The predicted molar refractivity (Wildman–Crippen MR) is 117 cm³/mol. The summed E-state index contributed by atoms with van der Waals surface area (Å²) in [4.78, 5) is 15.6. The number of para-hydroxylation sites is 1. The summed E-state index contributed by atoms with van der Waals surface area (Å²) in [6.07, 6.45) is 0.900. The molecule has 0 N–H and O–H groups in total. The SMILES string of the molecule is Cc1nn(C)c(C)c1CN(Cc1cccc2c1OCO2)C(=O)[C@H]1C[C@H]1c1ccccc1. The predicted octanol–water partition coefficient (Wildman–Crippen LogP) is 4.10. The number of carbonyl (C=O) groups is 1. The zero-order valence-electron chi connectivity index (χ0n) is 18.2. The van der Waals surface area contributed by atoms with Gasteiger partial charge in [-0.15, -0.1) is 0 Å². The van der Waals surface area contributed by atoms with E-state index in [0.29, 0.717) is 19.0 Å². The highest BCUT2D eigenvalue weighted by Crippen LogP contribution is 2.49. The Kier molecular flexibility index (Phi) is 4.93. The van der Waals surface area contributed by atoms with E-state index in [0.717, 1.165) is 40.4 Å². The molecule has 0 unspecified atom stereocenters. The van der Waals surface area contributed by atoms with Crippen molar-refractivity contribution < 1.29 is 14.3 Å². The number of hydrogen-bond acceptors (Lipinski definition) is 4. The number of nitrogens with zero attached hydrogens (tertiary/aromatic N) is 3. The fourth-order valence-corrected chi connectivity index (χ4v) is 4.54. The fraction of sp³-hybridized carbons (Fsp3) is 0.360. The second-order valence-electron chi connectivity index (χ2n) is 8.48. The van der Waals surface area contributed by atoms with Gasteiger partial charge >= 0.3 is 0 Å². The lowest BCUT2D eigenvalue weighted by atomic mass is 10.1. The number of ether oxygens (including phenoxy) is 2. The van der Waals surface area contributed by atoms with E-state index in [2.05, 4.69) is 24.2 Å². The van der Waals surface area contributed by atoms with E-state index < -0.39 is 0 Å². The van der Waals surface area contributed by atoms with Crippen LogP contribution in [0.1, 0.15) is 40.4 Å². The monoisotopic (exact) mass is 417 g/mol. The number of amides is 1. The van der Waals surface area contributed by atoms with E-state index in [1.165, 1.54) is 5.56 Å². The Morgan fingerprint density at radius 1 is 1.10 bits per heavy atom. The van der Waals surface area contributed by atoms with Crippen LogP contribution in [0.5, 0.6) is 11.5 Å². The first-order valence-electron chi connectivity index (χ1n) is 10.7. The van der Waals surface area contributed by atoms with Gasteiger partial charge in [0.25, 0.3) is 0 Å². The minimum Gasteiger partial charge on any atom is -0.454 e. The molecule has 2 aliphatic rings. The third-order valence-corrected chi connectivity index (χ3v) is 6.49. The summed E-state index contributed by atoms with van der Waals surface area (Å²) in [5, 5.41) is 4.54. The highest BCUT2D eigenvalue weighted by atomic mass is 16.7. The quantitative estimate of drug-likeness (QED) is 0.606. The molecule has 2 atom stereocenters. The van der Waals surface area contributed by atoms with E-state index >= 15 is 0 Å². The van der Waals surface area contributed by atoms with Gasteiger partial charge in [0.1, 0.15) is 0 Å². The van der Waals surface area contributed by atoms with E-state index in [4.69, 9.17) is 9.47 Å². The van der Waals surface area contributed by atoms with E-state index in [1.807, 2.05) is 60.0 Å². The summed E-state index contributed by atoms with van der Waals surface area (Å²) < 4.78 is 13.1. The smallest absolute Gasteiger partial charge is 0.231 e. The van der Waals surface area contributed by atoms with Gasteiger partial charge in [0.05, 0.1) is 5.69 Å². The van der Waals surface area contributed by atoms with Crippen molar-refractivity contribution in [1.29, 1.82) is 0 Å². The van der Waals surface area contributed by atoms with Crippen molar-refractivity contribution >= 4 is 5.91 Å². The van der Waals surface area contributed by atoms with Crippen molar-refractivity contribution in [3.05, 3.63) is 76.6 Å². The van der Waals surface area contributed by atoms with Crippen molar-refractivity contribution in [2.24, 2.45) is 13.0 Å². The normalized spacial score (nSPS) is 18.8. The molecule has 1 saturated carbocycles. The topological polar surface area (TPSA) is 56.6 Å². The average Bonchev–Trinajstić information content (AvgIpc) is 3.36. The molecule has 31 heavy (non-hydrogen) atoms. The highest BCUT2D eigenvalue weighted by molar-refractivity contribution is 5.83. The number of aryl methyl sites for hydroxylation is 2. The van der Waals surface area contributed by atoms with Crippen LogP contribution in [0.25, 0.3) is 0 Å². The molecule has 0 bridgehead atoms. The number of aromatic nitrogens is 2. The van der Waals surface area contributed by atoms with E-state index in [-0.39, 0.29) is 18.6 Å². The molecule has 1 fully saturated rings. The zero-order valence-corrected chi connectivity index (χ0v) is 18.2. The van der Waals surface area contributed by atoms with Crippen LogP contribution in [0.2, 0.25) is 0 Å². The summed E-state index contributed by atoms with van der Waals surface area (Å²) in [5.74, 6) is 2.00. The molecule has 2 heterocycles. The van der Waals surface area contributed by atoms with Crippen LogP contribution in [-0.4, -0.2) is 27.4 Å². The first-order valence-corrected chi connectivity index (χ1v) is 10.7. The molecule has 1 amide bonds. The Labute approximate surface area is 182 Å². The molecule has 0 saturated heterocycles. The number of hydrogen-bond donors (Lipinski definition) is 0. The molecule has 6 heteroatoms. The minimum atomic E-state index is 0.0219. The molecule has 0 spiro atoms. The number of carbonyl (C=O) groups excluding carboxylic acids is 1. The molecule has 1 aliphatic carbocycles. The first-order chi connectivity index (χ1) is 15.0. The standard InChI is InChI=1S/C25H27N3O3/c1-16-22(17(2)27(3)26-16)14-28(13-19-10-7-11-23-24(19)31-15-30-23)25(29)21-12-20(21)18-8-5-4-6-9-18/h4-11,20-21H,12-15H2,1-3H3/t20-,21-/m0/s1. The molecule has 2 aromatic carbocycles. The Morgan fingerprint density at radius 2 is 1.90 bits per heavy atom. The van der Waals surface area contributed by atoms with Crippen molar-refractivity contribution in [1.82, 2.24) is 14.7 Å². The van der Waals surface area contributed by atoms with Crippen LogP contribution in [0.4, 0.5) is 0 Å². The maximum atomic E-state index is 13.7. The fourth-order valence-electron chi connectivity index (χ4n) is 4.54. The van der Waals surface area contributed by atoms with Crippen LogP contribution >= 0.6 is 0 Å². The molecular formula is C25H27N3O3. The molecule has 6 nitrogen and oxygen atoms in total. The lowest BCUT2D eigenvalue weighted by molar-refractivity contribution is -0.134. The average molecular weight is 418 g/mol. The van der Waals surface area contributed by atoms with Crippen LogP contribution in [0.3, 0.4) is 0 Å². The van der Waals surface area contributed by atoms with E-state index in [1.54, 1.807) is 0 Å². The van der Waals surface area contributed by atoms with Gasteiger partial charge in [-0.2, -0.15) is 5.10 Å². The van der Waals surface area contributed by atoms with Gasteiger partial charge in [-0.25, -0.2) is 0 Å². The van der Waals surface area contributed by atoms with E-state index in [9.17, 15) is 4.79 Å². The van der Waals surface area contributed by atoms with Crippen LogP contribution in [0.15, 0.2) is 48.5 Å². The first kappa shape index (κ1) is 19.7. The zero-order chi connectivity index (χ0) is 21.5. The molecular weight excluding hydrogens is 390 g/mol. The third kappa shape index (κ3) is 3.67. The van der Waals surface area contributed by atoms with Gasteiger partial charge in [-0.05, 0) is 37.8 Å². The lowest BCUT2D eigenvalue weighted by Crippen LogP contribution is -2.32. The Hall–Kier alpha value is -3.28.